The van der Waals surface area contributed by atoms with Crippen molar-refractivity contribution in [1.82, 2.24) is 14.0 Å². The summed E-state index contributed by atoms with van der Waals surface area (Å²) in [7, 11) is 0. The van der Waals surface area contributed by atoms with Crippen LogP contribution >= 0.6 is 0 Å². The van der Waals surface area contributed by atoms with Gasteiger partial charge in [-0.3, -0.25) is 24.1 Å². The number of rotatable bonds is 7. The summed E-state index contributed by atoms with van der Waals surface area (Å²) in [6.07, 6.45) is 2.08. The highest BCUT2D eigenvalue weighted by Gasteiger charge is 2.21. The van der Waals surface area contributed by atoms with Crippen molar-refractivity contribution in [3.8, 4) is 6.07 Å². The van der Waals surface area contributed by atoms with E-state index in [-0.39, 0.29) is 45.9 Å². The normalized spacial score (nSPS) is 11.8. The third-order valence-corrected chi connectivity index (χ3v) is 5.74. The van der Waals surface area contributed by atoms with Gasteiger partial charge in [-0.05, 0) is 51.0 Å². The predicted octanol–water partition coefficient (Wildman–Crippen LogP) is 3.29. The maximum atomic E-state index is 13.4. The number of carbonyl (C=O) groups is 1. The maximum absolute atomic E-state index is 13.4. The zero-order valence-electron chi connectivity index (χ0n) is 20.5. The van der Waals surface area contributed by atoms with E-state index in [9.17, 15) is 25.0 Å². The van der Waals surface area contributed by atoms with Crippen molar-refractivity contribution in [2.45, 2.75) is 39.8 Å². The number of amides is 1. The number of hydrogen-bond acceptors (Lipinski definition) is 7. The van der Waals surface area contributed by atoms with Crippen LogP contribution in [0.3, 0.4) is 0 Å². The van der Waals surface area contributed by atoms with Crippen LogP contribution in [0.1, 0.15) is 41.8 Å². The SMILES string of the molecule is Cc1cccn2c(=O)c3cc(C#N)c(=NC(=O)c4ccccc4[N+](=O)[O-])n(CCCOC(C)C)c3nc12. The number of nitro benzene ring substituents is 1. The van der Waals surface area contributed by atoms with Crippen LogP contribution in [0.25, 0.3) is 16.7 Å². The van der Waals surface area contributed by atoms with Crippen LogP contribution in [0, 0.1) is 28.4 Å². The second kappa shape index (κ2) is 10.5. The van der Waals surface area contributed by atoms with Gasteiger partial charge in [0.2, 0.25) is 0 Å². The van der Waals surface area contributed by atoms with Crippen molar-refractivity contribution in [3.63, 3.8) is 0 Å². The number of benzene rings is 1. The molecule has 11 heteroatoms. The number of ether oxygens (including phenoxy) is 1. The molecular formula is C26H24N6O5. The summed E-state index contributed by atoms with van der Waals surface area (Å²) in [4.78, 5) is 46.2. The van der Waals surface area contributed by atoms with Gasteiger partial charge in [-0.15, -0.1) is 0 Å². The minimum Gasteiger partial charge on any atom is -0.379 e. The van der Waals surface area contributed by atoms with E-state index in [2.05, 4.69) is 4.99 Å². The van der Waals surface area contributed by atoms with Gasteiger partial charge < -0.3 is 9.30 Å². The van der Waals surface area contributed by atoms with Crippen molar-refractivity contribution >= 4 is 28.3 Å². The lowest BCUT2D eigenvalue weighted by Crippen LogP contribution is -2.30. The molecule has 1 amide bonds. The third-order valence-electron chi connectivity index (χ3n) is 5.74. The minimum atomic E-state index is -0.885. The summed E-state index contributed by atoms with van der Waals surface area (Å²) >= 11 is 0. The Kier molecular flexibility index (Phi) is 7.22. The Morgan fingerprint density at radius 3 is 2.70 bits per heavy atom. The number of aromatic nitrogens is 3. The van der Waals surface area contributed by atoms with Gasteiger partial charge >= 0.3 is 0 Å². The molecule has 0 unspecified atom stereocenters. The van der Waals surface area contributed by atoms with Gasteiger partial charge in [0.25, 0.3) is 17.2 Å². The number of nitro groups is 1. The predicted molar refractivity (Wildman–Crippen MR) is 135 cm³/mol. The number of pyridine rings is 2. The highest BCUT2D eigenvalue weighted by molar-refractivity contribution is 5.98. The van der Waals surface area contributed by atoms with Crippen molar-refractivity contribution in [3.05, 3.63) is 91.3 Å². The molecule has 3 heterocycles. The van der Waals surface area contributed by atoms with Gasteiger partial charge in [0, 0.05) is 25.4 Å². The number of nitriles is 1. The van der Waals surface area contributed by atoms with E-state index in [0.717, 1.165) is 5.56 Å². The molecule has 0 aliphatic heterocycles. The molecule has 4 aromatic rings. The van der Waals surface area contributed by atoms with Gasteiger partial charge in [-0.1, -0.05) is 18.2 Å². The number of para-hydroxylation sites is 1. The van der Waals surface area contributed by atoms with Gasteiger partial charge in [-0.25, -0.2) is 4.98 Å². The quantitative estimate of drug-likeness (QED) is 0.164. The van der Waals surface area contributed by atoms with Crippen LogP contribution in [0.5, 0.6) is 0 Å². The highest BCUT2D eigenvalue weighted by atomic mass is 16.6. The standard InChI is InChI=1S/C26H24N6O5/c1-16(2)37-13-7-12-30-23(29-25(33)19-9-4-5-10-21(19)32(35)36)18(15-27)14-20-24(30)28-22-17(3)8-6-11-31(22)26(20)34/h4-6,8-11,14,16H,7,12-13H2,1-3H3. The summed E-state index contributed by atoms with van der Waals surface area (Å²) in [5.74, 6) is -0.885. The van der Waals surface area contributed by atoms with Crippen LogP contribution in [0.15, 0.2) is 58.4 Å². The minimum absolute atomic E-state index is 0.00548. The number of fused-ring (bicyclic) bond motifs is 2. The highest BCUT2D eigenvalue weighted by Crippen LogP contribution is 2.19. The van der Waals surface area contributed by atoms with Gasteiger partial charge in [-0.2, -0.15) is 10.3 Å². The molecule has 0 saturated carbocycles. The number of nitrogens with zero attached hydrogens (tertiary/aromatic N) is 6. The largest absolute Gasteiger partial charge is 0.379 e. The molecular weight excluding hydrogens is 476 g/mol. The molecule has 0 atom stereocenters. The fraction of sp³-hybridized carbons (Fsp3) is 0.269. The zero-order chi connectivity index (χ0) is 26.7. The maximum Gasteiger partial charge on any atom is 0.285 e. The summed E-state index contributed by atoms with van der Waals surface area (Å²) in [6, 6.07) is 12.4. The van der Waals surface area contributed by atoms with E-state index in [0.29, 0.717) is 18.7 Å². The summed E-state index contributed by atoms with van der Waals surface area (Å²) in [5, 5.41) is 21.6. The van der Waals surface area contributed by atoms with Crippen molar-refractivity contribution in [2.24, 2.45) is 4.99 Å². The number of aryl methyl sites for hydroxylation is 2. The van der Waals surface area contributed by atoms with E-state index in [4.69, 9.17) is 9.72 Å². The molecule has 0 saturated heterocycles. The zero-order valence-corrected chi connectivity index (χ0v) is 20.5. The molecule has 11 nitrogen and oxygen atoms in total. The molecule has 1 aromatic carbocycles. The van der Waals surface area contributed by atoms with Crippen LogP contribution in [-0.2, 0) is 11.3 Å². The molecule has 188 valence electrons. The van der Waals surface area contributed by atoms with E-state index in [1.54, 1.807) is 12.3 Å². The monoisotopic (exact) mass is 500 g/mol. The average molecular weight is 501 g/mol. The molecule has 0 spiro atoms. The topological polar surface area (TPSA) is 145 Å². The first-order valence-corrected chi connectivity index (χ1v) is 11.6. The Balaban J connectivity index is 2.03. The number of hydrogen-bond donors (Lipinski definition) is 0. The average Bonchev–Trinajstić information content (AvgIpc) is 2.87. The third kappa shape index (κ3) is 5.00. The first-order chi connectivity index (χ1) is 17.7. The van der Waals surface area contributed by atoms with Crippen LogP contribution < -0.4 is 11.0 Å². The molecule has 0 N–H and O–H groups in total. The first kappa shape index (κ1) is 25.4. The second-order valence-electron chi connectivity index (χ2n) is 8.65. The molecule has 4 rings (SSSR count). The van der Waals surface area contributed by atoms with Crippen molar-refractivity contribution in [2.75, 3.05) is 6.61 Å². The Hall–Kier alpha value is -4.69. The van der Waals surface area contributed by atoms with Gasteiger partial charge in [0.05, 0.1) is 22.0 Å². The van der Waals surface area contributed by atoms with E-state index >= 15 is 0 Å². The van der Waals surface area contributed by atoms with Crippen molar-refractivity contribution in [1.29, 1.82) is 5.26 Å². The van der Waals surface area contributed by atoms with Gasteiger partial charge in [0.1, 0.15) is 22.9 Å². The fourth-order valence-electron chi connectivity index (χ4n) is 4.01. The van der Waals surface area contributed by atoms with E-state index in [1.165, 1.54) is 39.3 Å². The molecule has 0 aliphatic rings. The lowest BCUT2D eigenvalue weighted by Gasteiger charge is -2.15. The van der Waals surface area contributed by atoms with Crippen LogP contribution in [-0.4, -0.2) is 37.5 Å². The smallest absolute Gasteiger partial charge is 0.285 e. The summed E-state index contributed by atoms with van der Waals surface area (Å²) in [5.41, 5.74) is 0.381. The number of carbonyl (C=O) groups excluding carboxylic acids is 1. The second-order valence-corrected chi connectivity index (χ2v) is 8.65. The molecule has 0 bridgehead atoms. The lowest BCUT2D eigenvalue weighted by molar-refractivity contribution is -0.385. The molecule has 37 heavy (non-hydrogen) atoms. The Morgan fingerprint density at radius 1 is 1.24 bits per heavy atom. The van der Waals surface area contributed by atoms with E-state index < -0.39 is 16.5 Å². The molecule has 0 radical (unpaired) electrons. The molecule has 0 aliphatic carbocycles. The lowest BCUT2D eigenvalue weighted by atomic mass is 10.1. The molecule has 0 fully saturated rings. The molecule has 3 aromatic heterocycles. The fourth-order valence-corrected chi connectivity index (χ4v) is 4.01. The Bertz CT molecular complexity index is 1710. The Labute approximate surface area is 211 Å². The first-order valence-electron chi connectivity index (χ1n) is 11.6. The van der Waals surface area contributed by atoms with E-state index in [1.807, 2.05) is 32.9 Å². The van der Waals surface area contributed by atoms with Crippen LogP contribution in [0.4, 0.5) is 5.69 Å². The summed E-state index contributed by atoms with van der Waals surface area (Å²) < 4.78 is 8.58. The van der Waals surface area contributed by atoms with Crippen molar-refractivity contribution < 1.29 is 14.5 Å². The van der Waals surface area contributed by atoms with Gasteiger partial charge in [0.15, 0.2) is 5.49 Å². The summed E-state index contributed by atoms with van der Waals surface area (Å²) in [6.45, 7) is 6.24. The Morgan fingerprint density at radius 2 is 2.00 bits per heavy atom. The van der Waals surface area contributed by atoms with Crippen LogP contribution in [0.2, 0.25) is 0 Å².